The van der Waals surface area contributed by atoms with Gasteiger partial charge in [-0.2, -0.15) is 20.5 Å². The minimum Gasteiger partial charge on any atom is -0.364 e. The number of halogens is 1. The number of amides is 1. The molecule has 0 aliphatic heterocycles. The molecule has 1 amide bonds. The highest BCUT2D eigenvalue weighted by Gasteiger charge is 2.16. The zero-order chi connectivity index (χ0) is 12.7. The third kappa shape index (κ3) is 1.58. The Labute approximate surface area is 109 Å². The van der Waals surface area contributed by atoms with Crippen molar-refractivity contribution in [1.29, 1.82) is 0 Å². The quantitative estimate of drug-likeness (QED) is 0.660. The molecule has 0 saturated carbocycles. The Morgan fingerprint density at radius 2 is 2.11 bits per heavy atom. The summed E-state index contributed by atoms with van der Waals surface area (Å²) in [5.74, 6) is -0.620. The van der Waals surface area contributed by atoms with Crippen LogP contribution in [-0.2, 0) is 0 Å². The fraction of sp³-hybridized carbons (Fsp3) is 0. The van der Waals surface area contributed by atoms with E-state index in [4.69, 9.17) is 5.73 Å². The molecular formula is C10H7BrN6O. The lowest BCUT2D eigenvalue weighted by Gasteiger charge is -1.98. The molecule has 0 radical (unpaired) electrons. The number of rotatable bonds is 2. The summed E-state index contributed by atoms with van der Waals surface area (Å²) in [5, 5.41) is 17.9. The van der Waals surface area contributed by atoms with Gasteiger partial charge in [-0.3, -0.25) is 9.89 Å². The summed E-state index contributed by atoms with van der Waals surface area (Å²) in [4.78, 5) is 11.2. The van der Waals surface area contributed by atoms with Crippen molar-refractivity contribution in [1.82, 2.24) is 25.6 Å². The number of H-pyrrole nitrogens is 2. The van der Waals surface area contributed by atoms with E-state index in [1.165, 1.54) is 0 Å². The van der Waals surface area contributed by atoms with Crippen LogP contribution in [0.15, 0.2) is 22.8 Å². The lowest BCUT2D eigenvalue weighted by atomic mass is 10.1. The van der Waals surface area contributed by atoms with Crippen molar-refractivity contribution in [3.05, 3.63) is 28.5 Å². The molecule has 2 heterocycles. The molecule has 0 bridgehead atoms. The third-order valence-electron chi connectivity index (χ3n) is 2.56. The van der Waals surface area contributed by atoms with Gasteiger partial charge < -0.3 is 5.73 Å². The summed E-state index contributed by atoms with van der Waals surface area (Å²) in [5.41, 5.74) is 7.33. The first-order chi connectivity index (χ1) is 8.66. The van der Waals surface area contributed by atoms with E-state index in [1.54, 1.807) is 6.07 Å². The fourth-order valence-corrected chi connectivity index (χ4v) is 2.14. The van der Waals surface area contributed by atoms with Gasteiger partial charge in [0.15, 0.2) is 5.69 Å². The first-order valence-electron chi connectivity index (χ1n) is 5.01. The van der Waals surface area contributed by atoms with E-state index >= 15 is 0 Å². The van der Waals surface area contributed by atoms with Crippen molar-refractivity contribution in [3.8, 4) is 11.3 Å². The SMILES string of the molecule is NC(=O)c1n[nH]nc1-c1ccc2n[nH]c(Br)c2c1. The second-order valence-corrected chi connectivity index (χ2v) is 4.45. The zero-order valence-electron chi connectivity index (χ0n) is 8.94. The van der Waals surface area contributed by atoms with E-state index in [2.05, 4.69) is 41.5 Å². The van der Waals surface area contributed by atoms with Crippen LogP contribution >= 0.6 is 15.9 Å². The van der Waals surface area contributed by atoms with Crippen LogP contribution in [0.5, 0.6) is 0 Å². The van der Waals surface area contributed by atoms with Gasteiger partial charge in [-0.05, 0) is 28.1 Å². The lowest BCUT2D eigenvalue weighted by molar-refractivity contribution is 0.0996. The van der Waals surface area contributed by atoms with Crippen LogP contribution in [0, 0.1) is 0 Å². The van der Waals surface area contributed by atoms with Crippen molar-refractivity contribution in [2.45, 2.75) is 0 Å². The summed E-state index contributed by atoms with van der Waals surface area (Å²) in [6.07, 6.45) is 0. The average molecular weight is 307 g/mol. The predicted octanol–water partition coefficient (Wildman–Crippen LogP) is 1.21. The van der Waals surface area contributed by atoms with Crippen LogP contribution in [0.3, 0.4) is 0 Å². The lowest BCUT2D eigenvalue weighted by Crippen LogP contribution is -2.12. The minimum absolute atomic E-state index is 0.119. The number of benzene rings is 1. The predicted molar refractivity (Wildman–Crippen MR) is 67.7 cm³/mol. The summed E-state index contributed by atoms with van der Waals surface area (Å²) in [6, 6.07) is 5.48. The molecule has 0 aliphatic rings. The van der Waals surface area contributed by atoms with Crippen molar-refractivity contribution in [2.75, 3.05) is 0 Å². The molecule has 0 spiro atoms. The Bertz CT molecular complexity index is 746. The van der Waals surface area contributed by atoms with Crippen LogP contribution < -0.4 is 5.73 Å². The molecule has 7 nitrogen and oxygen atoms in total. The molecule has 0 saturated heterocycles. The summed E-state index contributed by atoms with van der Waals surface area (Å²) in [6.45, 7) is 0. The summed E-state index contributed by atoms with van der Waals surface area (Å²) >= 11 is 3.36. The van der Waals surface area contributed by atoms with Gasteiger partial charge in [0, 0.05) is 10.9 Å². The molecule has 8 heteroatoms. The van der Waals surface area contributed by atoms with E-state index in [9.17, 15) is 4.79 Å². The molecule has 0 atom stereocenters. The molecule has 0 unspecified atom stereocenters. The van der Waals surface area contributed by atoms with E-state index in [0.717, 1.165) is 21.1 Å². The normalized spacial score (nSPS) is 10.9. The highest BCUT2D eigenvalue weighted by molar-refractivity contribution is 9.10. The number of nitrogens with one attached hydrogen (secondary N) is 2. The number of carbonyl (C=O) groups is 1. The Hall–Kier alpha value is -2.22. The number of aromatic nitrogens is 5. The van der Waals surface area contributed by atoms with Crippen LogP contribution in [0.25, 0.3) is 22.2 Å². The average Bonchev–Trinajstić information content (AvgIpc) is 2.96. The standard InChI is InChI=1S/C10H7BrN6O/c11-9-5-3-4(1-2-6(5)13-16-9)7-8(10(12)18)15-17-14-7/h1-3H,(H2,12,18)(H,13,16)(H,14,15,17). The van der Waals surface area contributed by atoms with Gasteiger partial charge in [0.1, 0.15) is 10.3 Å². The van der Waals surface area contributed by atoms with Gasteiger partial charge in [0.25, 0.3) is 5.91 Å². The minimum atomic E-state index is -0.620. The van der Waals surface area contributed by atoms with E-state index < -0.39 is 5.91 Å². The smallest absolute Gasteiger partial charge is 0.271 e. The Balaban J connectivity index is 2.22. The summed E-state index contributed by atoms with van der Waals surface area (Å²) in [7, 11) is 0. The summed E-state index contributed by atoms with van der Waals surface area (Å²) < 4.78 is 0.767. The number of primary amides is 1. The highest BCUT2D eigenvalue weighted by atomic mass is 79.9. The topological polar surface area (TPSA) is 113 Å². The number of nitrogens with two attached hydrogens (primary N) is 1. The van der Waals surface area contributed by atoms with E-state index in [-0.39, 0.29) is 5.69 Å². The molecule has 0 fully saturated rings. The Morgan fingerprint density at radius 1 is 1.28 bits per heavy atom. The molecular weight excluding hydrogens is 300 g/mol. The highest BCUT2D eigenvalue weighted by Crippen LogP contribution is 2.27. The number of hydrogen-bond acceptors (Lipinski definition) is 4. The molecule has 2 aromatic heterocycles. The van der Waals surface area contributed by atoms with Crippen LogP contribution in [0.2, 0.25) is 0 Å². The largest absolute Gasteiger partial charge is 0.364 e. The maximum Gasteiger partial charge on any atom is 0.271 e. The number of fused-ring (bicyclic) bond motifs is 1. The first kappa shape index (κ1) is 10.9. The van der Waals surface area contributed by atoms with Gasteiger partial charge in [-0.1, -0.05) is 6.07 Å². The number of nitrogens with zero attached hydrogens (tertiary/aromatic N) is 3. The first-order valence-corrected chi connectivity index (χ1v) is 5.80. The fourth-order valence-electron chi connectivity index (χ4n) is 1.73. The van der Waals surface area contributed by atoms with Gasteiger partial charge in [-0.15, -0.1) is 0 Å². The van der Waals surface area contributed by atoms with Gasteiger partial charge >= 0.3 is 0 Å². The second kappa shape index (κ2) is 3.91. The van der Waals surface area contributed by atoms with Crippen molar-refractivity contribution < 1.29 is 4.79 Å². The van der Waals surface area contributed by atoms with Crippen molar-refractivity contribution >= 4 is 32.7 Å². The maximum absolute atomic E-state index is 11.2. The number of aromatic amines is 2. The molecule has 4 N–H and O–H groups in total. The van der Waals surface area contributed by atoms with Crippen LogP contribution in [0.1, 0.15) is 10.5 Å². The maximum atomic E-state index is 11.2. The molecule has 90 valence electrons. The number of hydrogen-bond donors (Lipinski definition) is 3. The van der Waals surface area contributed by atoms with E-state index in [1.807, 2.05) is 12.1 Å². The van der Waals surface area contributed by atoms with Gasteiger partial charge in [0.05, 0.1) is 5.52 Å². The van der Waals surface area contributed by atoms with E-state index in [0.29, 0.717) is 5.69 Å². The van der Waals surface area contributed by atoms with Crippen LogP contribution in [-0.4, -0.2) is 31.5 Å². The molecule has 0 aliphatic carbocycles. The van der Waals surface area contributed by atoms with Gasteiger partial charge in [0.2, 0.25) is 0 Å². The third-order valence-corrected chi connectivity index (χ3v) is 3.17. The van der Waals surface area contributed by atoms with Gasteiger partial charge in [-0.25, -0.2) is 0 Å². The number of carbonyl (C=O) groups excluding carboxylic acids is 1. The second-order valence-electron chi connectivity index (χ2n) is 3.65. The van der Waals surface area contributed by atoms with Crippen molar-refractivity contribution in [3.63, 3.8) is 0 Å². The molecule has 18 heavy (non-hydrogen) atoms. The van der Waals surface area contributed by atoms with Crippen LogP contribution in [0.4, 0.5) is 0 Å². The van der Waals surface area contributed by atoms with Crippen molar-refractivity contribution in [2.24, 2.45) is 5.73 Å². The molecule has 3 rings (SSSR count). The zero-order valence-corrected chi connectivity index (χ0v) is 10.5. The Kier molecular flexibility index (Phi) is 2.37. The monoisotopic (exact) mass is 306 g/mol. The Morgan fingerprint density at radius 3 is 2.89 bits per heavy atom. The molecule has 3 aromatic rings. The molecule has 1 aromatic carbocycles.